The third kappa shape index (κ3) is 3.47. The van der Waals surface area contributed by atoms with Crippen LogP contribution in [-0.4, -0.2) is 35.9 Å². The summed E-state index contributed by atoms with van der Waals surface area (Å²) >= 11 is 0. The minimum atomic E-state index is -0.789. The summed E-state index contributed by atoms with van der Waals surface area (Å²) in [7, 11) is 1.52. The highest BCUT2D eigenvalue weighted by Crippen LogP contribution is 2.19. The van der Waals surface area contributed by atoms with E-state index in [1.165, 1.54) is 7.11 Å². The zero-order valence-electron chi connectivity index (χ0n) is 9.75. The molecule has 2 N–H and O–H groups in total. The van der Waals surface area contributed by atoms with Gasteiger partial charge in [0.05, 0.1) is 6.10 Å². The van der Waals surface area contributed by atoms with E-state index in [1.807, 2.05) is 0 Å². The van der Waals surface area contributed by atoms with E-state index >= 15 is 0 Å². The molecule has 1 saturated carbocycles. The van der Waals surface area contributed by atoms with Crippen molar-refractivity contribution in [2.45, 2.75) is 57.3 Å². The van der Waals surface area contributed by atoms with Crippen molar-refractivity contribution >= 4 is 5.91 Å². The van der Waals surface area contributed by atoms with Crippen LogP contribution in [0.2, 0.25) is 0 Å². The second kappa shape index (κ2) is 4.94. The SMILES string of the molecule is COC(C)(C)C(=O)NC1CCCC(O)C1. The molecule has 1 aliphatic rings. The number of carbonyl (C=O) groups excluding carboxylic acids is 1. The third-order valence-corrected chi connectivity index (χ3v) is 3.04. The summed E-state index contributed by atoms with van der Waals surface area (Å²) in [6.07, 6.45) is 3.16. The van der Waals surface area contributed by atoms with Crippen molar-refractivity contribution in [1.82, 2.24) is 5.32 Å². The van der Waals surface area contributed by atoms with E-state index < -0.39 is 5.60 Å². The van der Waals surface area contributed by atoms with Crippen LogP contribution in [-0.2, 0) is 9.53 Å². The lowest BCUT2D eigenvalue weighted by Gasteiger charge is -2.30. The first kappa shape index (κ1) is 12.5. The summed E-state index contributed by atoms with van der Waals surface area (Å²) in [5.41, 5.74) is -0.789. The lowest BCUT2D eigenvalue weighted by atomic mass is 9.92. The van der Waals surface area contributed by atoms with Crippen molar-refractivity contribution in [3.63, 3.8) is 0 Å². The Labute approximate surface area is 91.0 Å². The Kier molecular flexibility index (Phi) is 4.11. The van der Waals surface area contributed by atoms with Gasteiger partial charge in [0.1, 0.15) is 5.60 Å². The van der Waals surface area contributed by atoms with Crippen LogP contribution in [0.15, 0.2) is 0 Å². The molecule has 0 radical (unpaired) electrons. The molecule has 88 valence electrons. The van der Waals surface area contributed by atoms with Gasteiger partial charge in [-0.25, -0.2) is 0 Å². The number of hydrogen-bond donors (Lipinski definition) is 2. The molecule has 2 unspecified atom stereocenters. The van der Waals surface area contributed by atoms with Crippen LogP contribution in [0.1, 0.15) is 39.5 Å². The maximum atomic E-state index is 11.8. The lowest BCUT2D eigenvalue weighted by Crippen LogP contribution is -2.49. The van der Waals surface area contributed by atoms with Crippen molar-refractivity contribution in [2.75, 3.05) is 7.11 Å². The molecule has 4 heteroatoms. The van der Waals surface area contributed by atoms with Crippen molar-refractivity contribution in [3.05, 3.63) is 0 Å². The van der Waals surface area contributed by atoms with Gasteiger partial charge in [-0.2, -0.15) is 0 Å². The van der Waals surface area contributed by atoms with Crippen molar-refractivity contribution < 1.29 is 14.6 Å². The van der Waals surface area contributed by atoms with Gasteiger partial charge in [0, 0.05) is 13.2 Å². The maximum Gasteiger partial charge on any atom is 0.251 e. The first-order valence-corrected chi connectivity index (χ1v) is 5.50. The monoisotopic (exact) mass is 215 g/mol. The molecule has 0 saturated heterocycles. The lowest BCUT2D eigenvalue weighted by molar-refractivity contribution is -0.140. The summed E-state index contributed by atoms with van der Waals surface area (Å²) in [6.45, 7) is 3.48. The number of hydrogen-bond acceptors (Lipinski definition) is 3. The number of carbonyl (C=O) groups is 1. The number of amides is 1. The average molecular weight is 215 g/mol. The van der Waals surface area contributed by atoms with Crippen LogP contribution in [0.25, 0.3) is 0 Å². The van der Waals surface area contributed by atoms with E-state index in [9.17, 15) is 9.90 Å². The predicted octanol–water partition coefficient (Wildman–Crippen LogP) is 0.831. The van der Waals surface area contributed by atoms with Crippen molar-refractivity contribution in [1.29, 1.82) is 0 Å². The van der Waals surface area contributed by atoms with Gasteiger partial charge >= 0.3 is 0 Å². The molecule has 0 aromatic rings. The highest BCUT2D eigenvalue weighted by Gasteiger charge is 2.30. The van der Waals surface area contributed by atoms with Crippen molar-refractivity contribution in [3.8, 4) is 0 Å². The van der Waals surface area contributed by atoms with Gasteiger partial charge in [-0.1, -0.05) is 0 Å². The number of methoxy groups -OCH3 is 1. The second-order valence-corrected chi connectivity index (χ2v) is 4.71. The van der Waals surface area contributed by atoms with E-state index in [0.717, 1.165) is 19.3 Å². The second-order valence-electron chi connectivity index (χ2n) is 4.71. The van der Waals surface area contributed by atoms with E-state index in [4.69, 9.17) is 4.74 Å². The first-order valence-electron chi connectivity index (χ1n) is 5.50. The van der Waals surface area contributed by atoms with Gasteiger partial charge in [-0.3, -0.25) is 4.79 Å². The van der Waals surface area contributed by atoms with Gasteiger partial charge < -0.3 is 15.2 Å². The standard InChI is InChI=1S/C11H21NO3/c1-11(2,15-3)10(14)12-8-5-4-6-9(13)7-8/h8-9,13H,4-7H2,1-3H3,(H,12,14). The Bertz CT molecular complexity index is 228. The summed E-state index contributed by atoms with van der Waals surface area (Å²) in [5.74, 6) is -0.107. The number of rotatable bonds is 3. The number of ether oxygens (including phenoxy) is 1. The largest absolute Gasteiger partial charge is 0.393 e. The average Bonchev–Trinajstić information content (AvgIpc) is 2.17. The Balaban J connectivity index is 2.44. The van der Waals surface area contributed by atoms with E-state index in [0.29, 0.717) is 6.42 Å². The van der Waals surface area contributed by atoms with Crippen LogP contribution in [0.4, 0.5) is 0 Å². The van der Waals surface area contributed by atoms with Gasteiger partial charge in [-0.15, -0.1) is 0 Å². The third-order valence-electron chi connectivity index (χ3n) is 3.04. The van der Waals surface area contributed by atoms with E-state index in [2.05, 4.69) is 5.32 Å². The summed E-state index contributed by atoms with van der Waals surface area (Å²) < 4.78 is 5.09. The molecular weight excluding hydrogens is 194 g/mol. The molecule has 2 atom stereocenters. The van der Waals surface area contributed by atoms with Gasteiger partial charge in [0.15, 0.2) is 0 Å². The zero-order valence-corrected chi connectivity index (χ0v) is 9.75. The molecular formula is C11H21NO3. The Hall–Kier alpha value is -0.610. The quantitative estimate of drug-likeness (QED) is 0.733. The van der Waals surface area contributed by atoms with Crippen LogP contribution < -0.4 is 5.32 Å². The molecule has 1 rings (SSSR count). The first-order chi connectivity index (χ1) is 6.95. The Morgan fingerprint density at radius 3 is 2.67 bits per heavy atom. The molecule has 4 nitrogen and oxygen atoms in total. The fourth-order valence-corrected chi connectivity index (χ4v) is 1.75. The number of nitrogens with one attached hydrogen (secondary N) is 1. The molecule has 0 heterocycles. The van der Waals surface area contributed by atoms with Gasteiger partial charge in [-0.05, 0) is 39.5 Å². The maximum absolute atomic E-state index is 11.8. The van der Waals surface area contributed by atoms with Crippen LogP contribution >= 0.6 is 0 Å². The molecule has 0 aromatic heterocycles. The number of aliphatic hydroxyl groups excluding tert-OH is 1. The number of aliphatic hydroxyl groups is 1. The zero-order chi connectivity index (χ0) is 11.5. The minimum absolute atomic E-state index is 0.0932. The molecule has 15 heavy (non-hydrogen) atoms. The van der Waals surface area contributed by atoms with Gasteiger partial charge in [0.25, 0.3) is 5.91 Å². The molecule has 0 aliphatic heterocycles. The van der Waals surface area contributed by atoms with E-state index in [1.54, 1.807) is 13.8 Å². The Morgan fingerprint density at radius 1 is 1.47 bits per heavy atom. The molecule has 0 aromatic carbocycles. The molecule has 1 fully saturated rings. The molecule has 1 amide bonds. The predicted molar refractivity (Wildman–Crippen MR) is 57.5 cm³/mol. The summed E-state index contributed by atoms with van der Waals surface area (Å²) in [6, 6.07) is 0.0932. The van der Waals surface area contributed by atoms with E-state index in [-0.39, 0.29) is 18.1 Å². The highest BCUT2D eigenvalue weighted by atomic mass is 16.5. The summed E-state index contributed by atoms with van der Waals surface area (Å²) in [4.78, 5) is 11.8. The van der Waals surface area contributed by atoms with Crippen LogP contribution in [0.3, 0.4) is 0 Å². The highest BCUT2D eigenvalue weighted by molar-refractivity contribution is 5.84. The van der Waals surface area contributed by atoms with Gasteiger partial charge in [0.2, 0.25) is 0 Å². The van der Waals surface area contributed by atoms with Crippen LogP contribution in [0, 0.1) is 0 Å². The fraction of sp³-hybridized carbons (Fsp3) is 0.909. The summed E-state index contributed by atoms with van der Waals surface area (Å²) in [5, 5.41) is 12.4. The minimum Gasteiger partial charge on any atom is -0.393 e. The topological polar surface area (TPSA) is 58.6 Å². The molecule has 0 spiro atoms. The Morgan fingerprint density at radius 2 is 2.13 bits per heavy atom. The normalized spacial score (nSPS) is 27.5. The molecule has 0 bridgehead atoms. The smallest absolute Gasteiger partial charge is 0.251 e. The van der Waals surface area contributed by atoms with Crippen molar-refractivity contribution in [2.24, 2.45) is 0 Å². The molecule has 1 aliphatic carbocycles. The van der Waals surface area contributed by atoms with Crippen LogP contribution in [0.5, 0.6) is 0 Å². The fourth-order valence-electron chi connectivity index (χ4n) is 1.75.